The van der Waals surface area contributed by atoms with Gasteiger partial charge in [-0.2, -0.15) is 0 Å². The minimum atomic E-state index is 0.459. The molecule has 0 saturated carbocycles. The molecule has 0 radical (unpaired) electrons. The summed E-state index contributed by atoms with van der Waals surface area (Å²) in [5, 5.41) is 4.40. The van der Waals surface area contributed by atoms with Gasteiger partial charge in [0.25, 0.3) is 0 Å². The molecule has 0 amide bonds. The molecule has 25 heavy (non-hydrogen) atoms. The lowest BCUT2D eigenvalue weighted by Gasteiger charge is -2.05. The molecule has 0 N–H and O–H groups in total. The Morgan fingerprint density at radius 2 is 1.56 bits per heavy atom. The van der Waals surface area contributed by atoms with Crippen molar-refractivity contribution in [2.24, 2.45) is 0 Å². The quantitative estimate of drug-likeness (QED) is 0.556. The summed E-state index contributed by atoms with van der Waals surface area (Å²) in [5.74, 6) is 1.34. The van der Waals surface area contributed by atoms with Gasteiger partial charge in [0.05, 0.1) is 25.1 Å². The largest absolute Gasteiger partial charge is 0.491 e. The molecule has 7 nitrogen and oxygen atoms in total. The van der Waals surface area contributed by atoms with Crippen LogP contribution in [0.25, 0.3) is 16.9 Å². The van der Waals surface area contributed by atoms with Gasteiger partial charge in [-0.15, -0.1) is 5.10 Å². The smallest absolute Gasteiger partial charge is 0.231 e. The van der Waals surface area contributed by atoms with E-state index in [1.54, 1.807) is 24.8 Å². The maximum Gasteiger partial charge on any atom is 0.231 e. The number of rotatable bonds is 9. The van der Waals surface area contributed by atoms with Gasteiger partial charge < -0.3 is 18.9 Å². The zero-order chi connectivity index (χ0) is 17.5. The van der Waals surface area contributed by atoms with E-state index >= 15 is 0 Å². The van der Waals surface area contributed by atoms with Crippen LogP contribution in [0.1, 0.15) is 0 Å². The molecule has 0 fully saturated rings. The molecular formula is C18H21N3O4. The van der Waals surface area contributed by atoms with Crippen LogP contribution in [0.5, 0.6) is 11.6 Å². The zero-order valence-corrected chi connectivity index (χ0v) is 14.3. The van der Waals surface area contributed by atoms with Gasteiger partial charge in [-0.05, 0) is 30.3 Å². The maximum absolute atomic E-state index is 5.57. The molecular weight excluding hydrogens is 322 g/mol. The van der Waals surface area contributed by atoms with Gasteiger partial charge in [0.15, 0.2) is 5.65 Å². The summed E-state index contributed by atoms with van der Waals surface area (Å²) in [5.41, 5.74) is 2.59. The molecule has 0 aliphatic carbocycles. The maximum atomic E-state index is 5.57. The van der Waals surface area contributed by atoms with E-state index < -0.39 is 0 Å². The number of imidazole rings is 1. The normalized spacial score (nSPS) is 11.0. The molecule has 2 heterocycles. The Morgan fingerprint density at radius 1 is 0.840 bits per heavy atom. The fourth-order valence-electron chi connectivity index (χ4n) is 2.27. The summed E-state index contributed by atoms with van der Waals surface area (Å²) in [7, 11) is 3.29. The lowest BCUT2D eigenvalue weighted by atomic mass is 10.2. The zero-order valence-electron chi connectivity index (χ0n) is 14.3. The van der Waals surface area contributed by atoms with Gasteiger partial charge in [-0.3, -0.25) is 0 Å². The Hall–Kier alpha value is -2.64. The summed E-state index contributed by atoms with van der Waals surface area (Å²) in [6.07, 6.45) is 1.87. The van der Waals surface area contributed by atoms with E-state index in [1.165, 1.54) is 0 Å². The Kier molecular flexibility index (Phi) is 5.81. The average Bonchev–Trinajstić information content (AvgIpc) is 3.06. The Labute approximate surface area is 146 Å². The van der Waals surface area contributed by atoms with E-state index in [9.17, 15) is 0 Å². The fourth-order valence-corrected chi connectivity index (χ4v) is 2.27. The Bertz CT molecular complexity index is 802. The second kappa shape index (κ2) is 8.46. The minimum absolute atomic E-state index is 0.459. The summed E-state index contributed by atoms with van der Waals surface area (Å²) >= 11 is 0. The molecule has 0 aliphatic heterocycles. The van der Waals surface area contributed by atoms with Crippen molar-refractivity contribution in [2.75, 3.05) is 40.6 Å². The Balaban J connectivity index is 1.72. The van der Waals surface area contributed by atoms with Gasteiger partial charge in [-0.1, -0.05) is 0 Å². The molecule has 0 saturated heterocycles. The summed E-state index contributed by atoms with van der Waals surface area (Å²) in [6, 6.07) is 11.5. The topological polar surface area (TPSA) is 67.1 Å². The summed E-state index contributed by atoms with van der Waals surface area (Å²) < 4.78 is 22.7. The molecule has 0 unspecified atom stereocenters. The highest BCUT2D eigenvalue weighted by molar-refractivity contribution is 5.63. The van der Waals surface area contributed by atoms with E-state index in [2.05, 4.69) is 10.1 Å². The molecule has 3 aromatic rings. The van der Waals surface area contributed by atoms with E-state index in [0.717, 1.165) is 22.7 Å². The first-order chi connectivity index (χ1) is 12.3. The van der Waals surface area contributed by atoms with Crippen LogP contribution in [0.2, 0.25) is 0 Å². The van der Waals surface area contributed by atoms with Crippen LogP contribution in [0.3, 0.4) is 0 Å². The van der Waals surface area contributed by atoms with Crippen LogP contribution < -0.4 is 9.47 Å². The number of hydrogen-bond donors (Lipinski definition) is 0. The monoisotopic (exact) mass is 343 g/mol. The van der Waals surface area contributed by atoms with Crippen LogP contribution in [0, 0.1) is 0 Å². The van der Waals surface area contributed by atoms with Crippen molar-refractivity contribution >= 4 is 5.65 Å². The summed E-state index contributed by atoms with van der Waals surface area (Å²) in [4.78, 5) is 4.59. The Morgan fingerprint density at radius 3 is 2.28 bits per heavy atom. The number of aromatic nitrogens is 3. The number of ether oxygens (including phenoxy) is 4. The predicted octanol–water partition coefficient (Wildman–Crippen LogP) is 2.45. The first-order valence-electron chi connectivity index (χ1n) is 8.00. The van der Waals surface area contributed by atoms with Crippen molar-refractivity contribution in [1.29, 1.82) is 0 Å². The average molecular weight is 343 g/mol. The molecule has 0 atom stereocenters. The SMILES string of the molecule is COCCOc1ccc(-c2cn3nc(OCCOC)ccc3n2)cc1. The molecule has 2 aromatic heterocycles. The number of methoxy groups -OCH3 is 2. The fraction of sp³-hybridized carbons (Fsp3) is 0.333. The van der Waals surface area contributed by atoms with Crippen LogP contribution >= 0.6 is 0 Å². The van der Waals surface area contributed by atoms with E-state index in [1.807, 2.05) is 36.5 Å². The molecule has 0 spiro atoms. The lowest BCUT2D eigenvalue weighted by Crippen LogP contribution is -2.06. The molecule has 7 heteroatoms. The predicted molar refractivity (Wildman–Crippen MR) is 93.2 cm³/mol. The molecule has 1 aromatic carbocycles. The van der Waals surface area contributed by atoms with Crippen LogP contribution in [-0.4, -0.2) is 55.2 Å². The van der Waals surface area contributed by atoms with Crippen molar-refractivity contribution in [3.05, 3.63) is 42.6 Å². The van der Waals surface area contributed by atoms with Crippen LogP contribution in [0.4, 0.5) is 0 Å². The number of nitrogens with zero attached hydrogens (tertiary/aromatic N) is 3. The molecule has 3 rings (SSSR count). The first-order valence-corrected chi connectivity index (χ1v) is 8.00. The third kappa shape index (κ3) is 4.46. The van der Waals surface area contributed by atoms with Crippen molar-refractivity contribution < 1.29 is 18.9 Å². The highest BCUT2D eigenvalue weighted by Crippen LogP contribution is 2.22. The molecule has 0 aliphatic rings. The molecule has 0 bridgehead atoms. The van der Waals surface area contributed by atoms with E-state index in [0.29, 0.717) is 32.3 Å². The van der Waals surface area contributed by atoms with Gasteiger partial charge in [0, 0.05) is 25.8 Å². The van der Waals surface area contributed by atoms with E-state index in [4.69, 9.17) is 18.9 Å². The second-order valence-corrected chi connectivity index (χ2v) is 5.31. The standard InChI is InChI=1S/C18H21N3O4/c1-22-9-11-24-15-5-3-14(4-6-15)16-13-21-17(19-16)7-8-18(20-21)25-12-10-23-2/h3-8,13H,9-12H2,1-2H3. The summed E-state index contributed by atoms with van der Waals surface area (Å²) in [6.45, 7) is 2.07. The highest BCUT2D eigenvalue weighted by atomic mass is 16.5. The number of hydrogen-bond acceptors (Lipinski definition) is 6. The van der Waals surface area contributed by atoms with Crippen molar-refractivity contribution in [3.63, 3.8) is 0 Å². The second-order valence-electron chi connectivity index (χ2n) is 5.31. The van der Waals surface area contributed by atoms with Crippen molar-refractivity contribution in [2.45, 2.75) is 0 Å². The van der Waals surface area contributed by atoms with Crippen molar-refractivity contribution in [1.82, 2.24) is 14.6 Å². The third-order valence-corrected chi connectivity index (χ3v) is 3.54. The number of benzene rings is 1. The number of fused-ring (bicyclic) bond motifs is 1. The van der Waals surface area contributed by atoms with Gasteiger partial charge in [0.1, 0.15) is 19.0 Å². The third-order valence-electron chi connectivity index (χ3n) is 3.54. The molecule has 132 valence electrons. The lowest BCUT2D eigenvalue weighted by molar-refractivity contribution is 0.143. The van der Waals surface area contributed by atoms with E-state index in [-0.39, 0.29) is 0 Å². The van der Waals surface area contributed by atoms with Gasteiger partial charge >= 0.3 is 0 Å². The van der Waals surface area contributed by atoms with Gasteiger partial charge in [0.2, 0.25) is 5.88 Å². The first kappa shape index (κ1) is 17.2. The van der Waals surface area contributed by atoms with Gasteiger partial charge in [-0.25, -0.2) is 9.50 Å². The van der Waals surface area contributed by atoms with Crippen LogP contribution in [-0.2, 0) is 9.47 Å². The highest BCUT2D eigenvalue weighted by Gasteiger charge is 2.07. The minimum Gasteiger partial charge on any atom is -0.491 e. The van der Waals surface area contributed by atoms with Crippen molar-refractivity contribution in [3.8, 4) is 22.9 Å². The van der Waals surface area contributed by atoms with Crippen LogP contribution in [0.15, 0.2) is 42.6 Å².